The van der Waals surface area contributed by atoms with E-state index in [9.17, 15) is 12.8 Å². The normalized spacial score (nSPS) is 11.6. The van der Waals surface area contributed by atoms with Gasteiger partial charge in [0.2, 0.25) is 9.84 Å². The second-order valence-electron chi connectivity index (χ2n) is 5.49. The topological polar surface area (TPSA) is 46.2 Å². The molecule has 6 heteroatoms. The molecule has 0 unspecified atom stereocenters. The fraction of sp³-hybridized carbons (Fsp3) is 0.158. The molecule has 0 atom stereocenters. The molecule has 1 heterocycles. The number of rotatable bonds is 6. The van der Waals surface area contributed by atoms with Gasteiger partial charge in [0.15, 0.2) is 0 Å². The van der Waals surface area contributed by atoms with Crippen LogP contribution < -0.4 is 5.32 Å². The van der Waals surface area contributed by atoms with E-state index in [1.807, 2.05) is 6.92 Å². The van der Waals surface area contributed by atoms with Crippen molar-refractivity contribution in [2.75, 3.05) is 6.54 Å². The minimum Gasteiger partial charge on any atom is -0.312 e. The van der Waals surface area contributed by atoms with Crippen molar-refractivity contribution in [2.24, 2.45) is 0 Å². The smallest absolute Gasteiger partial charge is 0.216 e. The molecule has 0 saturated carbocycles. The first-order valence-electron chi connectivity index (χ1n) is 7.92. The highest BCUT2D eigenvalue weighted by molar-refractivity contribution is 7.93. The Hall–Kier alpha value is -2.02. The molecule has 25 heavy (non-hydrogen) atoms. The lowest BCUT2D eigenvalue weighted by molar-refractivity contribution is 0.598. The van der Waals surface area contributed by atoms with Crippen LogP contribution in [0, 0.1) is 5.82 Å². The molecule has 0 saturated heterocycles. The third kappa shape index (κ3) is 3.66. The summed E-state index contributed by atoms with van der Waals surface area (Å²) in [5.74, 6) is -0.431. The maximum atomic E-state index is 14.3. The monoisotopic (exact) mass is 375 g/mol. The Morgan fingerprint density at radius 3 is 2.36 bits per heavy atom. The lowest BCUT2D eigenvalue weighted by atomic mass is 10.1. The second kappa shape index (κ2) is 7.47. The molecule has 0 bridgehead atoms. The summed E-state index contributed by atoms with van der Waals surface area (Å²) in [5.41, 5.74) is 0.718. The van der Waals surface area contributed by atoms with E-state index in [4.69, 9.17) is 0 Å². The standard InChI is InChI=1S/C19H18FNO2S2/c1-2-21-13-14-12-17(16-10-6-7-11-18(16)20)19(24-14)25(22,23)15-8-4-3-5-9-15/h3-12,21H,2,13H2,1H3. The quantitative estimate of drug-likeness (QED) is 0.690. The van der Waals surface area contributed by atoms with Gasteiger partial charge < -0.3 is 5.32 Å². The van der Waals surface area contributed by atoms with E-state index in [1.165, 1.54) is 17.4 Å². The SMILES string of the molecule is CCNCc1cc(-c2ccccc2F)c(S(=O)(=O)c2ccccc2)s1. The molecular formula is C19H18FNO2S2. The number of sulfone groups is 1. The fourth-order valence-corrected chi connectivity index (χ4v) is 5.64. The number of benzene rings is 2. The Labute approximate surface area is 151 Å². The van der Waals surface area contributed by atoms with Crippen LogP contribution in [0.1, 0.15) is 11.8 Å². The Morgan fingerprint density at radius 1 is 1.00 bits per heavy atom. The zero-order chi connectivity index (χ0) is 17.9. The van der Waals surface area contributed by atoms with Gasteiger partial charge in [-0.25, -0.2) is 12.8 Å². The van der Waals surface area contributed by atoms with Gasteiger partial charge in [0.05, 0.1) is 4.90 Å². The molecule has 0 aliphatic rings. The molecule has 2 aromatic carbocycles. The molecule has 0 aliphatic heterocycles. The third-order valence-electron chi connectivity index (χ3n) is 3.76. The third-order valence-corrected chi connectivity index (χ3v) is 7.20. The van der Waals surface area contributed by atoms with Gasteiger partial charge in [0.1, 0.15) is 10.0 Å². The van der Waals surface area contributed by atoms with Crippen molar-refractivity contribution in [2.45, 2.75) is 22.6 Å². The highest BCUT2D eigenvalue weighted by atomic mass is 32.2. The molecule has 0 aliphatic carbocycles. The van der Waals surface area contributed by atoms with Crippen molar-refractivity contribution in [3.63, 3.8) is 0 Å². The number of nitrogens with one attached hydrogen (secondary N) is 1. The highest BCUT2D eigenvalue weighted by Crippen LogP contribution is 2.39. The van der Waals surface area contributed by atoms with E-state index in [0.29, 0.717) is 17.7 Å². The van der Waals surface area contributed by atoms with Crippen LogP contribution in [0.2, 0.25) is 0 Å². The summed E-state index contributed by atoms with van der Waals surface area (Å²) >= 11 is 1.19. The van der Waals surface area contributed by atoms with E-state index >= 15 is 0 Å². The molecule has 0 spiro atoms. The van der Waals surface area contributed by atoms with Crippen LogP contribution in [0.3, 0.4) is 0 Å². The summed E-state index contributed by atoms with van der Waals surface area (Å²) in [5, 5.41) is 3.18. The Morgan fingerprint density at radius 2 is 1.68 bits per heavy atom. The van der Waals surface area contributed by atoms with Gasteiger partial charge in [0.25, 0.3) is 0 Å². The van der Waals surface area contributed by atoms with Crippen molar-refractivity contribution in [3.8, 4) is 11.1 Å². The van der Waals surface area contributed by atoms with Crippen LogP contribution in [0.4, 0.5) is 4.39 Å². The van der Waals surface area contributed by atoms with Crippen molar-refractivity contribution in [3.05, 3.63) is 71.4 Å². The first-order valence-corrected chi connectivity index (χ1v) is 10.2. The molecule has 3 nitrogen and oxygen atoms in total. The largest absolute Gasteiger partial charge is 0.312 e. The van der Waals surface area contributed by atoms with Crippen molar-refractivity contribution >= 4 is 21.2 Å². The number of hydrogen-bond acceptors (Lipinski definition) is 4. The molecule has 130 valence electrons. The number of halogens is 1. The lowest BCUT2D eigenvalue weighted by Gasteiger charge is -2.07. The average Bonchev–Trinajstić information content (AvgIpc) is 3.06. The van der Waals surface area contributed by atoms with Crippen molar-refractivity contribution in [1.29, 1.82) is 0 Å². The van der Waals surface area contributed by atoms with Crippen LogP contribution in [0.25, 0.3) is 11.1 Å². The van der Waals surface area contributed by atoms with E-state index in [-0.39, 0.29) is 9.10 Å². The van der Waals surface area contributed by atoms with E-state index in [0.717, 1.165) is 11.4 Å². The first-order chi connectivity index (χ1) is 12.0. The molecule has 1 N–H and O–H groups in total. The van der Waals surface area contributed by atoms with Crippen LogP contribution in [0.5, 0.6) is 0 Å². The molecule has 3 aromatic rings. The van der Waals surface area contributed by atoms with E-state index in [1.54, 1.807) is 54.6 Å². The number of thiophene rings is 1. The summed E-state index contributed by atoms with van der Waals surface area (Å²) in [6.45, 7) is 3.30. The summed E-state index contributed by atoms with van der Waals surface area (Å²) in [7, 11) is -3.71. The molecular weight excluding hydrogens is 357 g/mol. The van der Waals surface area contributed by atoms with Crippen LogP contribution in [-0.2, 0) is 16.4 Å². The summed E-state index contributed by atoms with van der Waals surface area (Å²) in [4.78, 5) is 1.07. The van der Waals surface area contributed by atoms with Crippen LogP contribution in [-0.4, -0.2) is 15.0 Å². The van der Waals surface area contributed by atoms with Crippen molar-refractivity contribution < 1.29 is 12.8 Å². The predicted molar refractivity (Wildman–Crippen MR) is 99.0 cm³/mol. The molecule has 1 aromatic heterocycles. The maximum absolute atomic E-state index is 14.3. The van der Waals surface area contributed by atoms with Gasteiger partial charge in [-0.05, 0) is 30.8 Å². The fourth-order valence-electron chi connectivity index (χ4n) is 2.53. The Balaban J connectivity index is 2.18. The zero-order valence-electron chi connectivity index (χ0n) is 13.7. The van der Waals surface area contributed by atoms with Gasteiger partial charge in [0, 0.05) is 22.5 Å². The van der Waals surface area contributed by atoms with Gasteiger partial charge in [-0.15, -0.1) is 11.3 Å². The van der Waals surface area contributed by atoms with Crippen LogP contribution in [0.15, 0.2) is 69.8 Å². The molecule has 0 fully saturated rings. The minimum atomic E-state index is -3.71. The Kier molecular flexibility index (Phi) is 5.32. The van der Waals surface area contributed by atoms with Gasteiger partial charge in [-0.1, -0.05) is 43.3 Å². The molecule has 0 radical (unpaired) electrons. The van der Waals surface area contributed by atoms with Crippen LogP contribution >= 0.6 is 11.3 Å². The zero-order valence-corrected chi connectivity index (χ0v) is 15.3. The first kappa shape index (κ1) is 17.8. The summed E-state index contributed by atoms with van der Waals surface area (Å²) < 4.78 is 40.7. The predicted octanol–water partition coefficient (Wildman–Crippen LogP) is 4.50. The minimum absolute atomic E-state index is 0.178. The molecule has 3 rings (SSSR count). The maximum Gasteiger partial charge on any atom is 0.216 e. The summed E-state index contributed by atoms with van der Waals surface area (Å²) in [6, 6.07) is 16.3. The highest BCUT2D eigenvalue weighted by Gasteiger charge is 2.26. The number of hydrogen-bond donors (Lipinski definition) is 1. The second-order valence-corrected chi connectivity index (χ2v) is 8.77. The van der Waals surface area contributed by atoms with Gasteiger partial charge >= 0.3 is 0 Å². The summed E-state index contributed by atoms with van der Waals surface area (Å²) in [6.07, 6.45) is 0. The molecule has 0 amide bonds. The Bertz CT molecular complexity index is 966. The average molecular weight is 375 g/mol. The van der Waals surface area contributed by atoms with E-state index in [2.05, 4.69) is 5.32 Å². The van der Waals surface area contributed by atoms with Gasteiger partial charge in [-0.2, -0.15) is 0 Å². The lowest BCUT2D eigenvalue weighted by Crippen LogP contribution is -2.10. The van der Waals surface area contributed by atoms with Crippen molar-refractivity contribution in [1.82, 2.24) is 5.32 Å². The van der Waals surface area contributed by atoms with Gasteiger partial charge in [-0.3, -0.25) is 0 Å². The van der Waals surface area contributed by atoms with E-state index < -0.39 is 15.7 Å².